The van der Waals surface area contributed by atoms with Crippen molar-refractivity contribution in [3.63, 3.8) is 0 Å². The molecule has 0 aromatic rings. The van der Waals surface area contributed by atoms with Gasteiger partial charge in [-0.25, -0.2) is 5.01 Å². The van der Waals surface area contributed by atoms with Crippen molar-refractivity contribution in [1.82, 2.24) is 10.4 Å². The third-order valence-electron chi connectivity index (χ3n) is 4.31. The first-order chi connectivity index (χ1) is 8.24. The van der Waals surface area contributed by atoms with E-state index < -0.39 is 0 Å². The van der Waals surface area contributed by atoms with Gasteiger partial charge in [0.2, 0.25) is 0 Å². The quantitative estimate of drug-likeness (QED) is 0.805. The van der Waals surface area contributed by atoms with Gasteiger partial charge in [-0.2, -0.15) is 0 Å². The molecule has 0 aromatic heterocycles. The highest BCUT2D eigenvalue weighted by atomic mass is 15.5. The second-order valence-electron chi connectivity index (χ2n) is 6.54. The van der Waals surface area contributed by atoms with Crippen LogP contribution in [-0.2, 0) is 0 Å². The molecule has 0 spiro atoms. The summed E-state index contributed by atoms with van der Waals surface area (Å²) in [7, 11) is 0. The molecule has 0 bridgehead atoms. The lowest BCUT2D eigenvalue weighted by atomic mass is 9.81. The highest BCUT2D eigenvalue weighted by Crippen LogP contribution is 2.29. The molecule has 2 heteroatoms. The molecule has 2 aliphatic rings. The minimum absolute atomic E-state index is 0.769. The van der Waals surface area contributed by atoms with Gasteiger partial charge in [-0.15, -0.1) is 0 Å². The predicted octanol–water partition coefficient (Wildman–Crippen LogP) is 3.58. The summed E-state index contributed by atoms with van der Waals surface area (Å²) in [6.07, 6.45) is 11.3. The van der Waals surface area contributed by atoms with Gasteiger partial charge < -0.3 is 0 Å². The number of piperidine rings is 1. The average Bonchev–Trinajstić information content (AvgIpc) is 2.30. The maximum atomic E-state index is 3.79. The first-order valence-electron chi connectivity index (χ1n) is 7.75. The van der Waals surface area contributed by atoms with Crippen molar-refractivity contribution in [1.29, 1.82) is 0 Å². The molecule has 1 aliphatic carbocycles. The van der Waals surface area contributed by atoms with Crippen molar-refractivity contribution < 1.29 is 0 Å². The predicted molar refractivity (Wildman–Crippen MR) is 73.8 cm³/mol. The van der Waals surface area contributed by atoms with Gasteiger partial charge in [-0.1, -0.05) is 33.1 Å². The van der Waals surface area contributed by atoms with Crippen LogP contribution in [0.5, 0.6) is 0 Å². The summed E-state index contributed by atoms with van der Waals surface area (Å²) in [6.45, 7) is 7.26. The molecule has 0 aromatic carbocycles. The summed E-state index contributed by atoms with van der Waals surface area (Å²) < 4.78 is 0. The van der Waals surface area contributed by atoms with E-state index in [0.29, 0.717) is 0 Å². The van der Waals surface area contributed by atoms with Gasteiger partial charge in [-0.3, -0.25) is 5.43 Å². The van der Waals surface area contributed by atoms with Crippen LogP contribution in [0.15, 0.2) is 0 Å². The van der Waals surface area contributed by atoms with Crippen LogP contribution in [0.1, 0.15) is 65.2 Å². The summed E-state index contributed by atoms with van der Waals surface area (Å²) in [5.41, 5.74) is 3.79. The number of hydrogen-bond donors (Lipinski definition) is 1. The van der Waals surface area contributed by atoms with Crippen LogP contribution in [0, 0.1) is 11.8 Å². The van der Waals surface area contributed by atoms with Crippen LogP contribution in [0.3, 0.4) is 0 Å². The Balaban J connectivity index is 1.72. The van der Waals surface area contributed by atoms with Gasteiger partial charge in [0.1, 0.15) is 0 Å². The van der Waals surface area contributed by atoms with Crippen molar-refractivity contribution >= 4 is 0 Å². The van der Waals surface area contributed by atoms with E-state index in [-0.39, 0.29) is 0 Å². The lowest BCUT2D eigenvalue weighted by Gasteiger charge is -2.36. The Labute approximate surface area is 107 Å². The number of nitrogens with one attached hydrogen (secondary N) is 1. The number of hydrazine groups is 1. The third kappa shape index (κ3) is 4.59. The molecule has 2 unspecified atom stereocenters. The fourth-order valence-electron chi connectivity index (χ4n) is 3.57. The zero-order valence-corrected chi connectivity index (χ0v) is 11.8. The molecule has 1 saturated heterocycles. The van der Waals surface area contributed by atoms with Gasteiger partial charge in [0.05, 0.1) is 0 Å². The fraction of sp³-hybridized carbons (Fsp3) is 1.00. The zero-order valence-electron chi connectivity index (χ0n) is 11.8. The van der Waals surface area contributed by atoms with Crippen LogP contribution in [-0.4, -0.2) is 24.1 Å². The first-order valence-corrected chi connectivity index (χ1v) is 7.75. The lowest BCUT2D eigenvalue weighted by molar-refractivity contribution is 0.1000. The smallest absolute Gasteiger partial charge is 0.0217 e. The molecule has 1 N–H and O–H groups in total. The number of hydrogen-bond acceptors (Lipinski definition) is 2. The maximum Gasteiger partial charge on any atom is 0.0217 e. The first kappa shape index (κ1) is 13.4. The molecule has 17 heavy (non-hydrogen) atoms. The van der Waals surface area contributed by atoms with Gasteiger partial charge >= 0.3 is 0 Å². The van der Waals surface area contributed by atoms with Crippen LogP contribution < -0.4 is 5.43 Å². The maximum absolute atomic E-state index is 3.79. The van der Waals surface area contributed by atoms with E-state index >= 15 is 0 Å². The summed E-state index contributed by atoms with van der Waals surface area (Å²) in [4.78, 5) is 0. The van der Waals surface area contributed by atoms with Crippen LogP contribution in [0.25, 0.3) is 0 Å². The summed E-state index contributed by atoms with van der Waals surface area (Å²) in [5.74, 6) is 1.85. The van der Waals surface area contributed by atoms with Gasteiger partial charge in [0.25, 0.3) is 0 Å². The molecule has 2 rings (SSSR count). The normalized spacial score (nSPS) is 31.9. The van der Waals surface area contributed by atoms with Gasteiger partial charge in [-0.05, 0) is 43.9 Å². The Kier molecular flexibility index (Phi) is 5.30. The molecule has 1 aliphatic heterocycles. The van der Waals surface area contributed by atoms with Crippen LogP contribution >= 0.6 is 0 Å². The summed E-state index contributed by atoms with van der Waals surface area (Å²) in [5, 5.41) is 2.49. The Hall–Kier alpha value is -0.0800. The highest BCUT2D eigenvalue weighted by molar-refractivity contribution is 4.78. The van der Waals surface area contributed by atoms with E-state index in [1.807, 2.05) is 0 Å². The van der Waals surface area contributed by atoms with Crippen LogP contribution in [0.4, 0.5) is 0 Å². The number of rotatable bonds is 4. The van der Waals surface area contributed by atoms with Crippen molar-refractivity contribution in [3.05, 3.63) is 0 Å². The molecule has 1 heterocycles. The van der Waals surface area contributed by atoms with Gasteiger partial charge in [0.15, 0.2) is 0 Å². The standard InChI is InChI=1S/C15H30N2/c1-13(2)11-14-7-6-8-15(12-14)16-17-9-4-3-5-10-17/h13-16H,3-12H2,1-2H3. The van der Waals surface area contributed by atoms with E-state index in [1.165, 1.54) is 64.5 Å². The summed E-state index contributed by atoms with van der Waals surface area (Å²) >= 11 is 0. The Morgan fingerprint density at radius 3 is 2.53 bits per heavy atom. The minimum atomic E-state index is 0.769. The van der Waals surface area contributed by atoms with Crippen molar-refractivity contribution in [2.75, 3.05) is 13.1 Å². The monoisotopic (exact) mass is 238 g/mol. The van der Waals surface area contributed by atoms with Gasteiger partial charge in [0, 0.05) is 19.1 Å². The molecule has 1 saturated carbocycles. The Bertz CT molecular complexity index is 209. The van der Waals surface area contributed by atoms with E-state index in [1.54, 1.807) is 0 Å². The van der Waals surface area contributed by atoms with E-state index in [9.17, 15) is 0 Å². The molecule has 2 fully saturated rings. The molecular formula is C15H30N2. The SMILES string of the molecule is CC(C)CC1CCCC(NN2CCCCC2)C1. The van der Waals surface area contributed by atoms with E-state index in [2.05, 4.69) is 24.3 Å². The molecule has 100 valence electrons. The minimum Gasteiger partial charge on any atom is -0.252 e. The third-order valence-corrected chi connectivity index (χ3v) is 4.31. The molecule has 0 radical (unpaired) electrons. The van der Waals surface area contributed by atoms with Crippen LogP contribution in [0.2, 0.25) is 0 Å². The second kappa shape index (κ2) is 6.75. The molecular weight excluding hydrogens is 208 g/mol. The second-order valence-corrected chi connectivity index (χ2v) is 6.54. The van der Waals surface area contributed by atoms with Crippen molar-refractivity contribution in [2.24, 2.45) is 11.8 Å². The van der Waals surface area contributed by atoms with Crippen molar-refractivity contribution in [2.45, 2.75) is 71.3 Å². The topological polar surface area (TPSA) is 15.3 Å². The Morgan fingerprint density at radius 1 is 1.06 bits per heavy atom. The largest absolute Gasteiger partial charge is 0.252 e. The van der Waals surface area contributed by atoms with Crippen molar-refractivity contribution in [3.8, 4) is 0 Å². The summed E-state index contributed by atoms with van der Waals surface area (Å²) in [6, 6.07) is 0.769. The average molecular weight is 238 g/mol. The Morgan fingerprint density at radius 2 is 1.82 bits per heavy atom. The number of nitrogens with zero attached hydrogens (tertiary/aromatic N) is 1. The highest BCUT2D eigenvalue weighted by Gasteiger charge is 2.24. The molecule has 2 atom stereocenters. The molecule has 2 nitrogen and oxygen atoms in total. The zero-order chi connectivity index (χ0) is 12.1. The van der Waals surface area contributed by atoms with E-state index in [4.69, 9.17) is 0 Å². The fourth-order valence-corrected chi connectivity index (χ4v) is 3.57. The lowest BCUT2D eigenvalue weighted by Crippen LogP contribution is -2.48. The molecule has 0 amide bonds. The van der Waals surface area contributed by atoms with E-state index in [0.717, 1.165) is 17.9 Å².